The Morgan fingerprint density at radius 3 is 2.11 bits per heavy atom. The number of nitrogens with one attached hydrogen (secondary N) is 2. The lowest BCUT2D eigenvalue weighted by Gasteiger charge is -2.14. The number of hydrogen-bond acceptors (Lipinski definition) is 6. The van der Waals surface area contributed by atoms with Crippen molar-refractivity contribution in [2.75, 3.05) is 38.6 Å². The average Bonchev–Trinajstić information content (AvgIpc) is 2.68. The molecule has 0 unspecified atom stereocenters. The van der Waals surface area contributed by atoms with Crippen LogP contribution >= 0.6 is 11.6 Å². The van der Waals surface area contributed by atoms with Crippen molar-refractivity contribution in [1.29, 1.82) is 0 Å². The minimum absolute atomic E-state index is 0.245. The molecule has 0 bridgehead atoms. The van der Waals surface area contributed by atoms with Gasteiger partial charge in [0.15, 0.2) is 11.5 Å². The van der Waals surface area contributed by atoms with Gasteiger partial charge in [0.25, 0.3) is 5.91 Å². The molecule has 0 aliphatic heterocycles. The van der Waals surface area contributed by atoms with Crippen LogP contribution in [0.1, 0.15) is 17.3 Å². The van der Waals surface area contributed by atoms with Gasteiger partial charge in [0, 0.05) is 11.3 Å². The standard InChI is InChI=1S/C19H21ClN2O6/c1-5-28-19(24)21-12-6-7-14(13(20)10-12)22-18(23)11-8-15(25-2)17(27-4)16(9-11)26-3/h6-10H,5H2,1-4H3,(H,21,24)(H,22,23). The summed E-state index contributed by atoms with van der Waals surface area (Å²) in [6, 6.07) is 7.72. The number of methoxy groups -OCH3 is 3. The van der Waals surface area contributed by atoms with E-state index >= 15 is 0 Å². The summed E-state index contributed by atoms with van der Waals surface area (Å²) < 4.78 is 20.6. The molecule has 2 amide bonds. The van der Waals surface area contributed by atoms with Gasteiger partial charge in [-0.2, -0.15) is 0 Å². The highest BCUT2D eigenvalue weighted by Crippen LogP contribution is 2.38. The molecule has 9 heteroatoms. The highest BCUT2D eigenvalue weighted by Gasteiger charge is 2.18. The summed E-state index contributed by atoms with van der Waals surface area (Å²) in [5.74, 6) is 0.667. The van der Waals surface area contributed by atoms with Crippen molar-refractivity contribution < 1.29 is 28.5 Å². The van der Waals surface area contributed by atoms with Gasteiger partial charge in [-0.1, -0.05) is 11.6 Å². The number of ether oxygens (including phenoxy) is 4. The Kier molecular flexibility index (Phi) is 7.34. The van der Waals surface area contributed by atoms with Crippen molar-refractivity contribution >= 4 is 35.0 Å². The molecule has 0 fully saturated rings. The third-order valence-electron chi connectivity index (χ3n) is 3.67. The zero-order valence-corrected chi connectivity index (χ0v) is 16.7. The van der Waals surface area contributed by atoms with Crippen LogP contribution < -0.4 is 24.8 Å². The smallest absolute Gasteiger partial charge is 0.411 e. The molecule has 2 aromatic rings. The number of amides is 2. The van der Waals surface area contributed by atoms with Crippen molar-refractivity contribution in [2.45, 2.75) is 6.92 Å². The van der Waals surface area contributed by atoms with E-state index in [1.807, 2.05) is 0 Å². The zero-order chi connectivity index (χ0) is 20.7. The van der Waals surface area contributed by atoms with Crippen LogP contribution in [0.5, 0.6) is 17.2 Å². The lowest BCUT2D eigenvalue weighted by molar-refractivity contribution is 0.102. The summed E-state index contributed by atoms with van der Waals surface area (Å²) in [6.07, 6.45) is -0.590. The fourth-order valence-corrected chi connectivity index (χ4v) is 2.61. The molecule has 0 heterocycles. The summed E-state index contributed by atoms with van der Waals surface area (Å²) in [5.41, 5.74) is 1.10. The number of hydrogen-bond donors (Lipinski definition) is 2. The van der Waals surface area contributed by atoms with Crippen molar-refractivity contribution in [3.05, 3.63) is 40.9 Å². The first-order valence-corrected chi connectivity index (χ1v) is 8.65. The van der Waals surface area contributed by atoms with E-state index in [2.05, 4.69) is 10.6 Å². The number of benzene rings is 2. The first-order chi connectivity index (χ1) is 13.4. The highest BCUT2D eigenvalue weighted by molar-refractivity contribution is 6.34. The summed E-state index contributed by atoms with van der Waals surface area (Å²) in [6.45, 7) is 1.96. The quantitative estimate of drug-likeness (QED) is 0.713. The Labute approximate surface area is 167 Å². The SMILES string of the molecule is CCOC(=O)Nc1ccc(NC(=O)c2cc(OC)c(OC)c(OC)c2)c(Cl)c1. The van der Waals surface area contributed by atoms with Gasteiger partial charge < -0.3 is 24.3 Å². The molecule has 2 rings (SSSR count). The van der Waals surface area contributed by atoms with E-state index in [4.69, 9.17) is 30.5 Å². The van der Waals surface area contributed by atoms with Crippen LogP contribution in [0, 0.1) is 0 Å². The summed E-state index contributed by atoms with van der Waals surface area (Å²) >= 11 is 6.21. The van der Waals surface area contributed by atoms with Crippen LogP contribution in [-0.2, 0) is 4.74 Å². The van der Waals surface area contributed by atoms with E-state index in [1.165, 1.54) is 39.5 Å². The van der Waals surface area contributed by atoms with Gasteiger partial charge in [0.05, 0.1) is 38.6 Å². The second-order valence-electron chi connectivity index (χ2n) is 5.41. The maximum Gasteiger partial charge on any atom is 0.411 e. The van der Waals surface area contributed by atoms with Gasteiger partial charge in [-0.3, -0.25) is 10.1 Å². The maximum absolute atomic E-state index is 12.6. The Balaban J connectivity index is 2.22. The van der Waals surface area contributed by atoms with Crippen LogP contribution in [-0.4, -0.2) is 39.9 Å². The summed E-state index contributed by atoms with van der Waals surface area (Å²) in [4.78, 5) is 24.1. The number of carbonyl (C=O) groups is 2. The van der Waals surface area contributed by atoms with E-state index < -0.39 is 12.0 Å². The van der Waals surface area contributed by atoms with Gasteiger partial charge in [-0.05, 0) is 37.3 Å². The third kappa shape index (κ3) is 4.98. The second kappa shape index (κ2) is 9.70. The van der Waals surface area contributed by atoms with Crippen molar-refractivity contribution in [3.8, 4) is 17.2 Å². The van der Waals surface area contributed by atoms with Crippen molar-refractivity contribution in [3.63, 3.8) is 0 Å². The van der Waals surface area contributed by atoms with Crippen molar-refractivity contribution in [2.24, 2.45) is 0 Å². The van der Waals surface area contributed by atoms with E-state index in [0.717, 1.165) is 0 Å². The van der Waals surface area contributed by atoms with Gasteiger partial charge >= 0.3 is 6.09 Å². The molecule has 150 valence electrons. The molecule has 2 N–H and O–H groups in total. The predicted molar refractivity (Wildman–Crippen MR) is 106 cm³/mol. The maximum atomic E-state index is 12.6. The summed E-state index contributed by atoms with van der Waals surface area (Å²) in [5, 5.41) is 5.48. The van der Waals surface area contributed by atoms with Gasteiger partial charge in [-0.25, -0.2) is 4.79 Å². The number of halogens is 1. The highest BCUT2D eigenvalue weighted by atomic mass is 35.5. The predicted octanol–water partition coefficient (Wildman–Crippen LogP) is 4.19. The van der Waals surface area contributed by atoms with Crippen LogP contribution in [0.25, 0.3) is 0 Å². The number of rotatable bonds is 7. The Morgan fingerprint density at radius 2 is 1.61 bits per heavy atom. The van der Waals surface area contributed by atoms with Crippen LogP contribution in [0.15, 0.2) is 30.3 Å². The van der Waals surface area contributed by atoms with E-state index in [9.17, 15) is 9.59 Å². The molecule has 0 saturated heterocycles. The van der Waals surface area contributed by atoms with E-state index in [0.29, 0.717) is 34.2 Å². The molecule has 0 aliphatic rings. The average molecular weight is 409 g/mol. The van der Waals surface area contributed by atoms with Crippen LogP contribution in [0.4, 0.5) is 16.2 Å². The van der Waals surface area contributed by atoms with Gasteiger partial charge in [0.2, 0.25) is 5.75 Å². The lowest BCUT2D eigenvalue weighted by Crippen LogP contribution is -2.14. The molecule has 0 saturated carbocycles. The van der Waals surface area contributed by atoms with Crippen LogP contribution in [0.3, 0.4) is 0 Å². The second-order valence-corrected chi connectivity index (χ2v) is 5.82. The van der Waals surface area contributed by atoms with E-state index in [-0.39, 0.29) is 11.6 Å². The molecular formula is C19H21ClN2O6. The fraction of sp³-hybridized carbons (Fsp3) is 0.263. The van der Waals surface area contributed by atoms with Gasteiger partial charge in [0.1, 0.15) is 0 Å². The molecular weight excluding hydrogens is 388 g/mol. The Morgan fingerprint density at radius 1 is 0.964 bits per heavy atom. The lowest BCUT2D eigenvalue weighted by atomic mass is 10.1. The molecule has 28 heavy (non-hydrogen) atoms. The zero-order valence-electron chi connectivity index (χ0n) is 15.9. The van der Waals surface area contributed by atoms with Crippen LogP contribution in [0.2, 0.25) is 5.02 Å². The van der Waals surface area contributed by atoms with Crippen molar-refractivity contribution in [1.82, 2.24) is 0 Å². The monoisotopic (exact) mass is 408 g/mol. The Hall–Kier alpha value is -3.13. The number of anilines is 2. The molecule has 0 aliphatic carbocycles. The minimum Gasteiger partial charge on any atom is -0.493 e. The largest absolute Gasteiger partial charge is 0.493 e. The first kappa shape index (κ1) is 21.2. The molecule has 0 atom stereocenters. The third-order valence-corrected chi connectivity index (χ3v) is 3.98. The topological polar surface area (TPSA) is 95.1 Å². The van der Waals surface area contributed by atoms with Gasteiger partial charge in [-0.15, -0.1) is 0 Å². The normalized spacial score (nSPS) is 10.0. The minimum atomic E-state index is -0.590. The molecule has 0 spiro atoms. The molecule has 0 radical (unpaired) electrons. The first-order valence-electron chi connectivity index (χ1n) is 8.28. The number of carbonyl (C=O) groups excluding carboxylic acids is 2. The summed E-state index contributed by atoms with van der Waals surface area (Å²) in [7, 11) is 4.40. The molecule has 8 nitrogen and oxygen atoms in total. The molecule has 2 aromatic carbocycles. The Bertz CT molecular complexity index is 846. The molecule has 0 aromatic heterocycles. The fourth-order valence-electron chi connectivity index (χ4n) is 2.39. The van der Waals surface area contributed by atoms with E-state index in [1.54, 1.807) is 19.1 Å².